The molecule has 10 heteroatoms. The van der Waals surface area contributed by atoms with Crippen LogP contribution in [0.1, 0.15) is 41.4 Å². The first kappa shape index (κ1) is 24.0. The van der Waals surface area contributed by atoms with Crippen LogP contribution in [0.3, 0.4) is 0 Å². The van der Waals surface area contributed by atoms with Crippen LogP contribution >= 0.6 is 0 Å². The van der Waals surface area contributed by atoms with Crippen molar-refractivity contribution in [3.05, 3.63) is 76.5 Å². The highest BCUT2D eigenvalue weighted by Crippen LogP contribution is 2.34. The van der Waals surface area contributed by atoms with E-state index in [0.29, 0.717) is 41.7 Å². The smallest absolute Gasteiger partial charge is 0.257 e. The Morgan fingerprint density at radius 3 is 2.33 bits per heavy atom. The van der Waals surface area contributed by atoms with Crippen molar-refractivity contribution >= 4 is 11.9 Å². The number of rotatable bonds is 4. The fraction of sp³-hybridized carbons (Fsp3) is 0.346. The molecule has 36 heavy (non-hydrogen) atoms. The molecule has 2 aliphatic rings. The van der Waals surface area contributed by atoms with Crippen molar-refractivity contribution in [2.75, 3.05) is 24.5 Å². The quantitative estimate of drug-likeness (QED) is 0.458. The maximum absolute atomic E-state index is 14.4. The van der Waals surface area contributed by atoms with Crippen LogP contribution in [0.5, 0.6) is 11.6 Å². The van der Waals surface area contributed by atoms with Gasteiger partial charge in [0.2, 0.25) is 11.8 Å². The van der Waals surface area contributed by atoms with Crippen molar-refractivity contribution in [3.63, 3.8) is 0 Å². The Morgan fingerprint density at radius 1 is 0.944 bits per heavy atom. The minimum Gasteiger partial charge on any atom is -0.435 e. The number of carbonyl (C=O) groups excluding carboxylic acids is 1. The topological polar surface area (TPSA) is 58.6 Å². The molecule has 2 aromatic carbocycles. The van der Waals surface area contributed by atoms with Gasteiger partial charge in [-0.25, -0.2) is 22.5 Å². The molecule has 0 aliphatic carbocycles. The first-order valence-electron chi connectivity index (χ1n) is 11.8. The number of hydrogen-bond donors (Lipinski definition) is 0. The first-order valence-corrected chi connectivity index (χ1v) is 11.8. The average molecular weight is 500 g/mol. The molecule has 1 amide bonds. The van der Waals surface area contributed by atoms with Gasteiger partial charge in [-0.05, 0) is 43.0 Å². The summed E-state index contributed by atoms with van der Waals surface area (Å²) in [5.74, 6) is -3.12. The van der Waals surface area contributed by atoms with E-state index in [1.165, 1.54) is 11.0 Å². The number of hydrogen-bond acceptors (Lipinski definition) is 5. The SMILES string of the molecule is CC1CCN(c2nc3c(c(Oc4ccc(F)cc4F)n2)CN(C(=O)c2ccc(F)cc2F)CC3)CC1. The van der Waals surface area contributed by atoms with Gasteiger partial charge in [-0.3, -0.25) is 4.79 Å². The van der Waals surface area contributed by atoms with Gasteiger partial charge in [0.25, 0.3) is 5.91 Å². The lowest BCUT2D eigenvalue weighted by molar-refractivity contribution is 0.0727. The minimum absolute atomic E-state index is 0.0134. The summed E-state index contributed by atoms with van der Waals surface area (Å²) in [6.07, 6.45) is 2.30. The van der Waals surface area contributed by atoms with Gasteiger partial charge in [-0.15, -0.1) is 0 Å². The summed E-state index contributed by atoms with van der Waals surface area (Å²) in [5.41, 5.74) is 0.835. The first-order chi connectivity index (χ1) is 17.3. The molecule has 0 bridgehead atoms. The van der Waals surface area contributed by atoms with Crippen molar-refractivity contribution in [2.24, 2.45) is 5.92 Å². The second-order valence-corrected chi connectivity index (χ2v) is 9.20. The molecule has 1 saturated heterocycles. The summed E-state index contributed by atoms with van der Waals surface area (Å²) in [6.45, 7) is 3.95. The number of ether oxygens (including phenoxy) is 1. The monoisotopic (exact) mass is 500 g/mol. The number of amides is 1. The van der Waals surface area contributed by atoms with E-state index in [1.54, 1.807) is 0 Å². The van der Waals surface area contributed by atoms with Crippen LogP contribution in [0.25, 0.3) is 0 Å². The van der Waals surface area contributed by atoms with Crippen molar-refractivity contribution in [2.45, 2.75) is 32.7 Å². The lowest BCUT2D eigenvalue weighted by atomic mass is 9.99. The number of halogens is 4. The molecular weight excluding hydrogens is 476 g/mol. The molecule has 3 heterocycles. The summed E-state index contributed by atoms with van der Waals surface area (Å²) in [5, 5.41) is 0. The van der Waals surface area contributed by atoms with Gasteiger partial charge in [0, 0.05) is 38.2 Å². The van der Waals surface area contributed by atoms with E-state index in [0.717, 1.165) is 44.1 Å². The van der Waals surface area contributed by atoms with Gasteiger partial charge in [-0.2, -0.15) is 4.98 Å². The van der Waals surface area contributed by atoms with Crippen LogP contribution < -0.4 is 9.64 Å². The highest BCUT2D eigenvalue weighted by molar-refractivity contribution is 5.94. The van der Waals surface area contributed by atoms with Crippen LogP contribution in [0.2, 0.25) is 0 Å². The fourth-order valence-electron chi connectivity index (χ4n) is 4.47. The second-order valence-electron chi connectivity index (χ2n) is 9.20. The molecule has 0 N–H and O–H groups in total. The third kappa shape index (κ3) is 4.84. The van der Waals surface area contributed by atoms with Crippen molar-refractivity contribution in [3.8, 4) is 11.6 Å². The molecule has 0 radical (unpaired) electrons. The number of benzene rings is 2. The molecule has 0 unspecified atom stereocenters. The lowest BCUT2D eigenvalue weighted by Gasteiger charge is -2.33. The van der Waals surface area contributed by atoms with Crippen LogP contribution in [-0.2, 0) is 13.0 Å². The number of fused-ring (bicyclic) bond motifs is 1. The van der Waals surface area contributed by atoms with E-state index in [1.807, 2.05) is 4.90 Å². The third-order valence-corrected chi connectivity index (χ3v) is 6.63. The number of nitrogens with zero attached hydrogens (tertiary/aromatic N) is 4. The van der Waals surface area contributed by atoms with Gasteiger partial charge in [0.05, 0.1) is 23.4 Å². The molecule has 0 spiro atoms. The molecule has 1 fully saturated rings. The van der Waals surface area contributed by atoms with E-state index < -0.39 is 29.2 Å². The Labute approximate surface area is 205 Å². The zero-order valence-electron chi connectivity index (χ0n) is 19.6. The molecular formula is C26H24F4N4O2. The van der Waals surface area contributed by atoms with Crippen molar-refractivity contribution < 1.29 is 27.1 Å². The molecule has 5 rings (SSSR count). The number of piperidine rings is 1. The van der Waals surface area contributed by atoms with Gasteiger partial charge in [-0.1, -0.05) is 6.92 Å². The Balaban J connectivity index is 1.50. The molecule has 0 saturated carbocycles. The maximum atomic E-state index is 14.4. The molecule has 3 aromatic rings. The van der Waals surface area contributed by atoms with Crippen LogP contribution in [0, 0.1) is 29.2 Å². The van der Waals surface area contributed by atoms with E-state index in [4.69, 9.17) is 9.72 Å². The standard InChI is InChI=1S/C26H24F4N4O2/c1-15-6-9-33(10-7-15)26-31-22-8-11-34(25(35)18-4-2-16(27)12-20(18)29)14-19(22)24(32-26)36-23-5-3-17(28)13-21(23)30/h2-5,12-13,15H,6-11,14H2,1H3. The fourth-order valence-corrected chi connectivity index (χ4v) is 4.47. The molecule has 0 atom stereocenters. The minimum atomic E-state index is -0.957. The van der Waals surface area contributed by atoms with Crippen LogP contribution in [-0.4, -0.2) is 40.4 Å². The van der Waals surface area contributed by atoms with E-state index in [2.05, 4.69) is 11.9 Å². The van der Waals surface area contributed by atoms with Gasteiger partial charge < -0.3 is 14.5 Å². The Hall–Kier alpha value is -3.69. The Bertz CT molecular complexity index is 1310. The summed E-state index contributed by atoms with van der Waals surface area (Å²) in [7, 11) is 0. The Kier molecular flexibility index (Phi) is 6.51. The van der Waals surface area contributed by atoms with Gasteiger partial charge in [0.1, 0.15) is 17.5 Å². The van der Waals surface area contributed by atoms with E-state index >= 15 is 0 Å². The average Bonchev–Trinajstić information content (AvgIpc) is 2.85. The lowest BCUT2D eigenvalue weighted by Crippen LogP contribution is -2.38. The summed E-state index contributed by atoms with van der Waals surface area (Å²) >= 11 is 0. The summed E-state index contributed by atoms with van der Waals surface area (Å²) in [4.78, 5) is 25.7. The summed E-state index contributed by atoms with van der Waals surface area (Å²) < 4.78 is 61.2. The van der Waals surface area contributed by atoms with Gasteiger partial charge >= 0.3 is 0 Å². The summed E-state index contributed by atoms with van der Waals surface area (Å²) in [6, 6.07) is 5.74. The highest BCUT2D eigenvalue weighted by Gasteiger charge is 2.30. The van der Waals surface area contributed by atoms with Crippen LogP contribution in [0.15, 0.2) is 36.4 Å². The largest absolute Gasteiger partial charge is 0.435 e. The highest BCUT2D eigenvalue weighted by atomic mass is 19.1. The number of anilines is 1. The third-order valence-electron chi connectivity index (χ3n) is 6.63. The number of carbonyl (C=O) groups is 1. The normalized spacial score (nSPS) is 16.1. The van der Waals surface area contributed by atoms with E-state index in [-0.39, 0.29) is 30.3 Å². The zero-order valence-corrected chi connectivity index (χ0v) is 19.6. The molecule has 6 nitrogen and oxygen atoms in total. The molecule has 188 valence electrons. The predicted octanol–water partition coefficient (Wildman–Crippen LogP) is 5.26. The zero-order chi connectivity index (χ0) is 25.4. The van der Waals surface area contributed by atoms with Crippen molar-refractivity contribution in [1.82, 2.24) is 14.9 Å². The van der Waals surface area contributed by atoms with Gasteiger partial charge in [0.15, 0.2) is 11.6 Å². The molecule has 2 aliphatic heterocycles. The van der Waals surface area contributed by atoms with Crippen molar-refractivity contribution in [1.29, 1.82) is 0 Å². The second kappa shape index (κ2) is 9.75. The predicted molar refractivity (Wildman–Crippen MR) is 124 cm³/mol. The molecule has 1 aromatic heterocycles. The maximum Gasteiger partial charge on any atom is 0.257 e. The Morgan fingerprint density at radius 2 is 1.64 bits per heavy atom. The number of aromatic nitrogens is 2. The van der Waals surface area contributed by atoms with Crippen LogP contribution in [0.4, 0.5) is 23.5 Å². The van der Waals surface area contributed by atoms with E-state index in [9.17, 15) is 22.4 Å².